The van der Waals surface area contributed by atoms with E-state index in [1.165, 1.54) is 6.92 Å². The van der Waals surface area contributed by atoms with E-state index in [0.29, 0.717) is 18.7 Å². The number of nitrogens with two attached hydrogens (primary N) is 1. The van der Waals surface area contributed by atoms with Crippen molar-refractivity contribution in [2.24, 2.45) is 11.7 Å². The summed E-state index contributed by atoms with van der Waals surface area (Å²) in [6.07, 6.45) is 0. The summed E-state index contributed by atoms with van der Waals surface area (Å²) in [5.74, 6) is -1.29. The summed E-state index contributed by atoms with van der Waals surface area (Å²) in [6.45, 7) is 4.73. The van der Waals surface area contributed by atoms with E-state index >= 15 is 0 Å². The van der Waals surface area contributed by atoms with E-state index in [2.05, 4.69) is 0 Å². The Morgan fingerprint density at radius 3 is 2.14 bits per heavy atom. The molecule has 3 amide bonds. The van der Waals surface area contributed by atoms with E-state index in [4.69, 9.17) is 5.73 Å². The molecule has 2 N–H and O–H groups in total. The van der Waals surface area contributed by atoms with Gasteiger partial charge in [-0.1, -0.05) is 17.7 Å². The van der Waals surface area contributed by atoms with Crippen molar-refractivity contribution in [2.45, 2.75) is 13.8 Å². The van der Waals surface area contributed by atoms with Gasteiger partial charge in [-0.25, -0.2) is 0 Å². The van der Waals surface area contributed by atoms with Gasteiger partial charge in [-0.2, -0.15) is 0 Å². The normalized spacial score (nSPS) is 18.7. The maximum atomic E-state index is 12.6. The first kappa shape index (κ1) is 16.0. The van der Waals surface area contributed by atoms with Crippen molar-refractivity contribution in [3.8, 4) is 0 Å². The number of amides is 3. The molecule has 118 valence electrons. The van der Waals surface area contributed by atoms with E-state index in [9.17, 15) is 14.4 Å². The van der Waals surface area contributed by atoms with Gasteiger partial charge in [-0.05, 0) is 19.1 Å². The summed E-state index contributed by atoms with van der Waals surface area (Å²) >= 11 is 0. The first-order valence-electron chi connectivity index (χ1n) is 7.29. The molecule has 6 heteroatoms. The van der Waals surface area contributed by atoms with Crippen LogP contribution in [-0.2, 0) is 9.59 Å². The zero-order chi connectivity index (χ0) is 16.3. The van der Waals surface area contributed by atoms with Crippen molar-refractivity contribution in [1.82, 2.24) is 9.80 Å². The Morgan fingerprint density at radius 2 is 1.59 bits per heavy atom. The molecular formula is C16H21N3O3. The second-order valence-corrected chi connectivity index (χ2v) is 5.68. The quantitative estimate of drug-likeness (QED) is 0.858. The van der Waals surface area contributed by atoms with Crippen LogP contribution in [0.15, 0.2) is 24.3 Å². The smallest absolute Gasteiger partial charge is 0.253 e. The summed E-state index contributed by atoms with van der Waals surface area (Å²) in [7, 11) is 0. The lowest BCUT2D eigenvalue weighted by atomic mass is 10.1. The van der Waals surface area contributed by atoms with Crippen LogP contribution in [0.4, 0.5) is 0 Å². The molecule has 0 aliphatic carbocycles. The first-order chi connectivity index (χ1) is 10.4. The van der Waals surface area contributed by atoms with Crippen LogP contribution in [0.3, 0.4) is 0 Å². The second-order valence-electron chi connectivity index (χ2n) is 5.68. The SMILES string of the molecule is CC(=O)N1CCN(C(=O)c2ccc(C)cc2)CC(C(N)=O)C1. The highest BCUT2D eigenvalue weighted by atomic mass is 16.2. The molecule has 1 heterocycles. The highest BCUT2D eigenvalue weighted by Crippen LogP contribution is 2.14. The summed E-state index contributed by atoms with van der Waals surface area (Å²) in [5, 5.41) is 0. The van der Waals surface area contributed by atoms with Crippen LogP contribution < -0.4 is 5.73 Å². The number of hydrogen-bond donors (Lipinski definition) is 1. The minimum Gasteiger partial charge on any atom is -0.369 e. The molecule has 0 bridgehead atoms. The molecule has 0 spiro atoms. The standard InChI is InChI=1S/C16H21N3O3/c1-11-3-5-13(6-4-11)16(22)19-8-7-18(12(2)20)9-14(10-19)15(17)21/h3-6,14H,7-10H2,1-2H3,(H2,17,21). The largest absolute Gasteiger partial charge is 0.369 e. The van der Waals surface area contributed by atoms with Crippen LogP contribution >= 0.6 is 0 Å². The van der Waals surface area contributed by atoms with Gasteiger partial charge in [-0.15, -0.1) is 0 Å². The predicted molar refractivity (Wildman–Crippen MR) is 82.0 cm³/mol. The Hall–Kier alpha value is -2.37. The number of benzene rings is 1. The number of rotatable bonds is 2. The fourth-order valence-corrected chi connectivity index (χ4v) is 2.54. The molecule has 0 aromatic heterocycles. The van der Waals surface area contributed by atoms with Crippen molar-refractivity contribution in [1.29, 1.82) is 0 Å². The van der Waals surface area contributed by atoms with Crippen LogP contribution in [-0.4, -0.2) is 53.7 Å². The Morgan fingerprint density at radius 1 is 1.05 bits per heavy atom. The van der Waals surface area contributed by atoms with Crippen molar-refractivity contribution in [2.75, 3.05) is 26.2 Å². The summed E-state index contributed by atoms with van der Waals surface area (Å²) in [6, 6.07) is 7.28. The third-order valence-corrected chi connectivity index (χ3v) is 3.95. The first-order valence-corrected chi connectivity index (χ1v) is 7.29. The highest BCUT2D eigenvalue weighted by Gasteiger charge is 2.30. The summed E-state index contributed by atoms with van der Waals surface area (Å²) in [5.41, 5.74) is 7.05. The molecule has 2 rings (SSSR count). The third-order valence-electron chi connectivity index (χ3n) is 3.95. The average molecular weight is 303 g/mol. The lowest BCUT2D eigenvalue weighted by Crippen LogP contribution is -2.40. The number of aryl methyl sites for hydroxylation is 1. The van der Waals surface area contributed by atoms with Gasteiger partial charge in [0.15, 0.2) is 0 Å². The molecule has 6 nitrogen and oxygen atoms in total. The van der Waals surface area contributed by atoms with Gasteiger partial charge in [0.25, 0.3) is 5.91 Å². The molecule has 1 fully saturated rings. The predicted octanol–water partition coefficient (Wildman–Crippen LogP) is 0.401. The van der Waals surface area contributed by atoms with Gasteiger partial charge in [0.05, 0.1) is 5.92 Å². The van der Waals surface area contributed by atoms with E-state index in [1.54, 1.807) is 21.9 Å². The second kappa shape index (κ2) is 6.60. The fourth-order valence-electron chi connectivity index (χ4n) is 2.54. The maximum absolute atomic E-state index is 12.6. The lowest BCUT2D eigenvalue weighted by molar-refractivity contribution is -0.130. The van der Waals surface area contributed by atoms with Crippen molar-refractivity contribution < 1.29 is 14.4 Å². The van der Waals surface area contributed by atoms with Gasteiger partial charge < -0.3 is 15.5 Å². The van der Waals surface area contributed by atoms with Crippen molar-refractivity contribution in [3.63, 3.8) is 0 Å². The number of primary amides is 1. The molecule has 22 heavy (non-hydrogen) atoms. The lowest BCUT2D eigenvalue weighted by Gasteiger charge is -2.22. The third kappa shape index (κ3) is 3.63. The number of carbonyl (C=O) groups excluding carboxylic acids is 3. The number of nitrogens with zero attached hydrogens (tertiary/aromatic N) is 2. The van der Waals surface area contributed by atoms with Gasteiger partial charge in [-0.3, -0.25) is 14.4 Å². The Labute approximate surface area is 129 Å². The molecule has 1 aromatic rings. The van der Waals surface area contributed by atoms with E-state index < -0.39 is 11.8 Å². The van der Waals surface area contributed by atoms with Gasteiger partial charge in [0.2, 0.25) is 11.8 Å². The molecule has 1 aliphatic rings. The number of carbonyl (C=O) groups is 3. The molecule has 1 atom stereocenters. The Bertz CT molecular complexity index is 583. The average Bonchev–Trinajstić information content (AvgIpc) is 2.70. The summed E-state index contributed by atoms with van der Waals surface area (Å²) < 4.78 is 0. The molecule has 1 saturated heterocycles. The van der Waals surface area contributed by atoms with Crippen LogP contribution in [0.1, 0.15) is 22.8 Å². The maximum Gasteiger partial charge on any atom is 0.253 e. The van der Waals surface area contributed by atoms with Gasteiger partial charge >= 0.3 is 0 Å². The van der Waals surface area contributed by atoms with Crippen LogP contribution in [0.25, 0.3) is 0 Å². The zero-order valence-electron chi connectivity index (χ0n) is 12.9. The molecule has 0 saturated carbocycles. The Balaban J connectivity index is 2.19. The fraction of sp³-hybridized carbons (Fsp3) is 0.438. The van der Waals surface area contributed by atoms with Crippen LogP contribution in [0.2, 0.25) is 0 Å². The topological polar surface area (TPSA) is 83.7 Å². The molecule has 1 aliphatic heterocycles. The van der Waals surface area contributed by atoms with E-state index in [-0.39, 0.29) is 24.9 Å². The Kier molecular flexibility index (Phi) is 4.80. The van der Waals surface area contributed by atoms with Crippen LogP contribution in [0.5, 0.6) is 0 Å². The molecule has 1 aromatic carbocycles. The highest BCUT2D eigenvalue weighted by molar-refractivity contribution is 5.94. The van der Waals surface area contributed by atoms with Crippen molar-refractivity contribution in [3.05, 3.63) is 35.4 Å². The van der Waals surface area contributed by atoms with Crippen LogP contribution in [0, 0.1) is 12.8 Å². The monoisotopic (exact) mass is 303 g/mol. The molecular weight excluding hydrogens is 282 g/mol. The number of hydrogen-bond acceptors (Lipinski definition) is 3. The summed E-state index contributed by atoms with van der Waals surface area (Å²) in [4.78, 5) is 38.9. The minimum atomic E-state index is -0.541. The van der Waals surface area contributed by atoms with Gasteiger partial charge in [0.1, 0.15) is 0 Å². The molecule has 0 radical (unpaired) electrons. The van der Waals surface area contributed by atoms with Gasteiger partial charge in [0, 0.05) is 38.7 Å². The van der Waals surface area contributed by atoms with E-state index in [1.807, 2.05) is 19.1 Å². The zero-order valence-corrected chi connectivity index (χ0v) is 12.9. The molecule has 1 unspecified atom stereocenters. The van der Waals surface area contributed by atoms with Crippen molar-refractivity contribution >= 4 is 17.7 Å². The minimum absolute atomic E-state index is 0.115. The van der Waals surface area contributed by atoms with E-state index in [0.717, 1.165) is 5.56 Å².